The summed E-state index contributed by atoms with van der Waals surface area (Å²) >= 11 is 0. The fraction of sp³-hybridized carbons (Fsp3) is 0.600. The van der Waals surface area contributed by atoms with Crippen LogP contribution in [0.2, 0.25) is 0 Å². The van der Waals surface area contributed by atoms with Crippen LogP contribution in [0, 0.1) is 0 Å². The van der Waals surface area contributed by atoms with Gasteiger partial charge in [0.1, 0.15) is 0 Å². The van der Waals surface area contributed by atoms with Crippen molar-refractivity contribution in [1.29, 1.82) is 0 Å². The minimum absolute atomic E-state index is 0.452. The van der Waals surface area contributed by atoms with Crippen molar-refractivity contribution in [2.24, 2.45) is 0 Å². The lowest BCUT2D eigenvalue weighted by molar-refractivity contribution is -0.0102. The molecule has 1 aliphatic carbocycles. The molecule has 1 aromatic carbocycles. The third-order valence-corrected chi connectivity index (χ3v) is 3.54. The number of methoxy groups -OCH3 is 2. The summed E-state index contributed by atoms with van der Waals surface area (Å²) in [4.78, 5) is 0. The van der Waals surface area contributed by atoms with E-state index in [-0.39, 0.29) is 0 Å². The first-order chi connectivity index (χ1) is 9.26. The average Bonchev–Trinajstić information content (AvgIpc) is 2.40. The van der Waals surface area contributed by atoms with Gasteiger partial charge in [-0.1, -0.05) is 6.07 Å². The molecule has 0 aliphatic heterocycles. The Balaban J connectivity index is 1.80. The summed E-state index contributed by atoms with van der Waals surface area (Å²) in [6.45, 7) is 3.71. The lowest BCUT2D eigenvalue weighted by atomic mass is 9.89. The van der Waals surface area contributed by atoms with Gasteiger partial charge in [-0.15, -0.1) is 0 Å². The fourth-order valence-corrected chi connectivity index (χ4v) is 2.36. The molecule has 0 bridgehead atoms. The van der Waals surface area contributed by atoms with Crippen LogP contribution in [0.4, 0.5) is 0 Å². The molecule has 0 spiro atoms. The topological polar surface area (TPSA) is 39.7 Å². The van der Waals surface area contributed by atoms with Gasteiger partial charge in [0.15, 0.2) is 11.5 Å². The van der Waals surface area contributed by atoms with Gasteiger partial charge in [0.25, 0.3) is 0 Å². The lowest BCUT2D eigenvalue weighted by Gasteiger charge is -2.35. The quantitative estimate of drug-likeness (QED) is 0.821. The summed E-state index contributed by atoms with van der Waals surface area (Å²) in [7, 11) is 3.31. The smallest absolute Gasteiger partial charge is 0.161 e. The van der Waals surface area contributed by atoms with Gasteiger partial charge < -0.3 is 19.5 Å². The molecule has 1 aliphatic rings. The summed E-state index contributed by atoms with van der Waals surface area (Å²) in [5.41, 5.74) is 1.21. The van der Waals surface area contributed by atoms with Crippen molar-refractivity contribution in [3.8, 4) is 11.5 Å². The van der Waals surface area contributed by atoms with Gasteiger partial charge in [0.05, 0.1) is 20.3 Å². The van der Waals surface area contributed by atoms with Gasteiger partial charge >= 0.3 is 0 Å². The summed E-state index contributed by atoms with van der Waals surface area (Å²) in [6.07, 6.45) is 2.68. The Kier molecular flexibility index (Phi) is 5.05. The lowest BCUT2D eigenvalue weighted by Crippen LogP contribution is -2.45. The van der Waals surface area contributed by atoms with Gasteiger partial charge in [-0.3, -0.25) is 0 Å². The Morgan fingerprint density at radius 2 is 1.89 bits per heavy atom. The molecule has 1 N–H and O–H groups in total. The average molecular weight is 265 g/mol. The van der Waals surface area contributed by atoms with Gasteiger partial charge in [-0.05, 0) is 37.5 Å². The van der Waals surface area contributed by atoms with Crippen molar-refractivity contribution in [3.05, 3.63) is 23.8 Å². The Morgan fingerprint density at radius 1 is 1.16 bits per heavy atom. The van der Waals surface area contributed by atoms with E-state index in [1.165, 1.54) is 5.56 Å². The summed E-state index contributed by atoms with van der Waals surface area (Å²) in [5, 5.41) is 3.54. The van der Waals surface area contributed by atoms with Crippen LogP contribution in [0.1, 0.15) is 25.3 Å². The van der Waals surface area contributed by atoms with Crippen molar-refractivity contribution in [2.45, 2.75) is 38.5 Å². The number of benzene rings is 1. The number of hydrogen-bond donors (Lipinski definition) is 1. The van der Waals surface area contributed by atoms with Crippen LogP contribution in [0.5, 0.6) is 11.5 Å². The molecule has 0 heterocycles. The summed E-state index contributed by atoms with van der Waals surface area (Å²) < 4.78 is 16.1. The monoisotopic (exact) mass is 265 g/mol. The van der Waals surface area contributed by atoms with Crippen LogP contribution in [-0.2, 0) is 11.3 Å². The highest BCUT2D eigenvalue weighted by molar-refractivity contribution is 5.42. The number of nitrogens with one attached hydrogen (secondary N) is 1. The molecule has 0 aromatic heterocycles. The van der Waals surface area contributed by atoms with E-state index in [0.717, 1.165) is 37.5 Å². The molecule has 1 aromatic rings. The minimum Gasteiger partial charge on any atom is -0.493 e. The molecule has 19 heavy (non-hydrogen) atoms. The Morgan fingerprint density at radius 3 is 2.53 bits per heavy atom. The maximum Gasteiger partial charge on any atom is 0.161 e. The molecule has 4 nitrogen and oxygen atoms in total. The number of hydrogen-bond acceptors (Lipinski definition) is 4. The molecule has 106 valence electrons. The zero-order valence-electron chi connectivity index (χ0n) is 11.9. The first-order valence-corrected chi connectivity index (χ1v) is 6.82. The maximum atomic E-state index is 5.55. The highest BCUT2D eigenvalue weighted by Crippen LogP contribution is 2.28. The molecular weight excluding hydrogens is 242 g/mol. The number of ether oxygens (including phenoxy) is 3. The summed E-state index contributed by atoms with van der Waals surface area (Å²) in [5.74, 6) is 1.55. The minimum atomic E-state index is 0.452. The van der Waals surface area contributed by atoms with Crippen LogP contribution in [0.25, 0.3) is 0 Å². The summed E-state index contributed by atoms with van der Waals surface area (Å²) in [6, 6.07) is 6.60. The zero-order chi connectivity index (χ0) is 13.7. The maximum absolute atomic E-state index is 5.55. The van der Waals surface area contributed by atoms with Gasteiger partial charge in [-0.2, -0.15) is 0 Å². The predicted octanol–water partition coefficient (Wildman–Crippen LogP) is 2.36. The third kappa shape index (κ3) is 3.61. The van der Waals surface area contributed by atoms with E-state index >= 15 is 0 Å². The van der Waals surface area contributed by atoms with E-state index in [4.69, 9.17) is 14.2 Å². The van der Waals surface area contributed by atoms with E-state index in [0.29, 0.717) is 12.1 Å². The fourth-order valence-electron chi connectivity index (χ4n) is 2.36. The van der Waals surface area contributed by atoms with Crippen LogP contribution >= 0.6 is 0 Å². The van der Waals surface area contributed by atoms with Crippen molar-refractivity contribution in [2.75, 3.05) is 20.8 Å². The van der Waals surface area contributed by atoms with E-state index in [1.807, 2.05) is 19.1 Å². The molecule has 2 rings (SSSR count). The van der Waals surface area contributed by atoms with Crippen LogP contribution in [0.15, 0.2) is 18.2 Å². The molecule has 0 saturated heterocycles. The molecule has 1 fully saturated rings. The van der Waals surface area contributed by atoms with Crippen molar-refractivity contribution < 1.29 is 14.2 Å². The van der Waals surface area contributed by atoms with Gasteiger partial charge in [0, 0.05) is 19.2 Å². The van der Waals surface area contributed by atoms with Gasteiger partial charge in [0.2, 0.25) is 0 Å². The second-order valence-corrected chi connectivity index (χ2v) is 4.82. The highest BCUT2D eigenvalue weighted by atomic mass is 16.5. The van der Waals surface area contributed by atoms with Gasteiger partial charge in [-0.25, -0.2) is 0 Å². The first kappa shape index (κ1) is 14.2. The Hall–Kier alpha value is -1.26. The zero-order valence-corrected chi connectivity index (χ0v) is 11.9. The second kappa shape index (κ2) is 6.78. The standard InChI is InChI=1S/C15H23NO3/c1-4-19-13-8-12(9-13)16-10-11-5-6-14(17-2)15(7-11)18-3/h5-7,12-13,16H,4,8-10H2,1-3H3. The van der Waals surface area contributed by atoms with E-state index in [9.17, 15) is 0 Å². The Bertz CT molecular complexity index is 402. The predicted molar refractivity (Wildman–Crippen MR) is 74.8 cm³/mol. The Labute approximate surface area is 115 Å². The van der Waals surface area contributed by atoms with Crippen LogP contribution in [0.3, 0.4) is 0 Å². The first-order valence-electron chi connectivity index (χ1n) is 6.82. The van der Waals surface area contributed by atoms with Crippen molar-refractivity contribution in [1.82, 2.24) is 5.32 Å². The highest BCUT2D eigenvalue weighted by Gasteiger charge is 2.28. The molecule has 0 amide bonds. The molecule has 0 radical (unpaired) electrons. The van der Waals surface area contributed by atoms with Crippen LogP contribution in [-0.4, -0.2) is 33.0 Å². The number of rotatable bonds is 7. The molecule has 4 heteroatoms. The molecule has 0 unspecified atom stereocenters. The van der Waals surface area contributed by atoms with E-state index in [2.05, 4.69) is 11.4 Å². The molecular formula is C15H23NO3. The van der Waals surface area contributed by atoms with E-state index < -0.39 is 0 Å². The van der Waals surface area contributed by atoms with E-state index in [1.54, 1.807) is 14.2 Å². The largest absolute Gasteiger partial charge is 0.493 e. The second-order valence-electron chi connectivity index (χ2n) is 4.82. The molecule has 0 atom stereocenters. The SMILES string of the molecule is CCOC1CC(NCc2ccc(OC)c(OC)c2)C1. The normalized spacial score (nSPS) is 21.8. The molecule has 1 saturated carbocycles. The van der Waals surface area contributed by atoms with Crippen LogP contribution < -0.4 is 14.8 Å². The van der Waals surface area contributed by atoms with Crippen molar-refractivity contribution >= 4 is 0 Å². The third-order valence-electron chi connectivity index (χ3n) is 3.54. The van der Waals surface area contributed by atoms with Crippen molar-refractivity contribution in [3.63, 3.8) is 0 Å².